The number of amides is 1. The van der Waals surface area contributed by atoms with Gasteiger partial charge in [-0.2, -0.15) is 0 Å². The van der Waals surface area contributed by atoms with E-state index in [1.807, 2.05) is 51.4 Å². The number of nitrogens with one attached hydrogen (secondary N) is 2. The molecule has 0 saturated heterocycles. The molecule has 2 N–H and O–H groups in total. The molecule has 1 amide bonds. The summed E-state index contributed by atoms with van der Waals surface area (Å²) in [4.78, 5) is 13.9. The summed E-state index contributed by atoms with van der Waals surface area (Å²) in [5.41, 5.74) is 1.14. The monoisotopic (exact) mass is 263 g/mol. The predicted molar refractivity (Wildman–Crippen MR) is 79.0 cm³/mol. The first-order valence-corrected chi connectivity index (χ1v) is 6.79. The molecule has 0 aromatic heterocycles. The lowest BCUT2D eigenvalue weighted by atomic mass is 10.1. The Morgan fingerprint density at radius 3 is 2.53 bits per heavy atom. The van der Waals surface area contributed by atoms with Gasteiger partial charge in [-0.25, -0.2) is 0 Å². The van der Waals surface area contributed by atoms with Crippen molar-refractivity contribution in [1.29, 1.82) is 0 Å². The van der Waals surface area contributed by atoms with Crippen LogP contribution >= 0.6 is 0 Å². The van der Waals surface area contributed by atoms with Crippen LogP contribution in [0.25, 0.3) is 0 Å². The third kappa shape index (κ3) is 6.94. The van der Waals surface area contributed by atoms with Gasteiger partial charge in [-0.05, 0) is 26.6 Å². The molecule has 19 heavy (non-hydrogen) atoms. The van der Waals surface area contributed by atoms with E-state index in [4.69, 9.17) is 0 Å². The molecule has 1 aromatic carbocycles. The zero-order valence-electron chi connectivity index (χ0n) is 12.1. The number of nitrogens with zero attached hydrogens (tertiary/aromatic N) is 1. The van der Waals surface area contributed by atoms with Gasteiger partial charge >= 0.3 is 0 Å². The Morgan fingerprint density at radius 2 is 1.89 bits per heavy atom. The van der Waals surface area contributed by atoms with Crippen molar-refractivity contribution >= 4 is 5.91 Å². The summed E-state index contributed by atoms with van der Waals surface area (Å²) < 4.78 is 0. The van der Waals surface area contributed by atoms with E-state index in [2.05, 4.69) is 15.5 Å². The van der Waals surface area contributed by atoms with Crippen LogP contribution in [0.4, 0.5) is 0 Å². The summed E-state index contributed by atoms with van der Waals surface area (Å²) in [6.07, 6.45) is 0.518. The molecule has 0 bridgehead atoms. The van der Waals surface area contributed by atoms with Crippen LogP contribution < -0.4 is 10.6 Å². The molecule has 0 aliphatic carbocycles. The molecule has 4 nitrogen and oxygen atoms in total. The molecular weight excluding hydrogens is 238 g/mol. The van der Waals surface area contributed by atoms with Crippen molar-refractivity contribution in [1.82, 2.24) is 15.5 Å². The maximum atomic E-state index is 11.8. The molecule has 0 radical (unpaired) electrons. The van der Waals surface area contributed by atoms with Gasteiger partial charge in [-0.15, -0.1) is 0 Å². The Kier molecular flexibility index (Phi) is 7.15. The quantitative estimate of drug-likeness (QED) is 0.697. The van der Waals surface area contributed by atoms with Crippen molar-refractivity contribution in [3.63, 3.8) is 0 Å². The van der Waals surface area contributed by atoms with Crippen LogP contribution in [0.1, 0.15) is 24.9 Å². The van der Waals surface area contributed by atoms with Crippen molar-refractivity contribution < 1.29 is 4.79 Å². The van der Waals surface area contributed by atoms with E-state index < -0.39 is 0 Å². The Morgan fingerprint density at radius 1 is 1.21 bits per heavy atom. The molecule has 0 heterocycles. The van der Waals surface area contributed by atoms with Gasteiger partial charge in [0.25, 0.3) is 0 Å². The maximum absolute atomic E-state index is 11.8. The number of benzene rings is 1. The van der Waals surface area contributed by atoms with Crippen LogP contribution in [0.5, 0.6) is 0 Å². The Balaban J connectivity index is 2.17. The minimum atomic E-state index is 0.0653. The molecule has 1 unspecified atom stereocenters. The number of carbonyl (C=O) groups is 1. The molecule has 4 heteroatoms. The lowest BCUT2D eigenvalue weighted by molar-refractivity contribution is -0.121. The molecule has 0 aliphatic heterocycles. The zero-order valence-corrected chi connectivity index (χ0v) is 12.1. The second-order valence-electron chi connectivity index (χ2n) is 5.00. The topological polar surface area (TPSA) is 44.4 Å². The van der Waals surface area contributed by atoms with Crippen LogP contribution in [0.3, 0.4) is 0 Å². The smallest absolute Gasteiger partial charge is 0.221 e. The summed E-state index contributed by atoms with van der Waals surface area (Å²) >= 11 is 0. The average Bonchev–Trinajstić information content (AvgIpc) is 2.39. The summed E-state index contributed by atoms with van der Waals surface area (Å²) in [6, 6.07) is 10.1. The van der Waals surface area contributed by atoms with E-state index in [9.17, 15) is 4.79 Å². The van der Waals surface area contributed by atoms with E-state index >= 15 is 0 Å². The average molecular weight is 263 g/mol. The number of carbonyl (C=O) groups excluding carboxylic acids is 1. The lowest BCUT2D eigenvalue weighted by Crippen LogP contribution is -2.32. The molecule has 1 aromatic rings. The van der Waals surface area contributed by atoms with Gasteiger partial charge in [0, 0.05) is 26.1 Å². The fourth-order valence-electron chi connectivity index (χ4n) is 1.77. The summed E-state index contributed by atoms with van der Waals surface area (Å²) in [5.74, 6) is 0.0914. The highest BCUT2D eigenvalue weighted by molar-refractivity contribution is 5.76. The van der Waals surface area contributed by atoms with E-state index in [1.165, 1.54) is 0 Å². The molecule has 1 atom stereocenters. The summed E-state index contributed by atoms with van der Waals surface area (Å²) in [6.45, 7) is 4.63. The van der Waals surface area contributed by atoms with Gasteiger partial charge in [0.15, 0.2) is 0 Å². The van der Waals surface area contributed by atoms with Gasteiger partial charge < -0.3 is 15.5 Å². The largest absolute Gasteiger partial charge is 0.350 e. The molecule has 0 spiro atoms. The van der Waals surface area contributed by atoms with Crippen LogP contribution in [-0.2, 0) is 4.79 Å². The van der Waals surface area contributed by atoms with Crippen LogP contribution in [-0.4, -0.2) is 44.5 Å². The van der Waals surface area contributed by atoms with Crippen molar-refractivity contribution in [3.8, 4) is 0 Å². The normalized spacial score (nSPS) is 12.4. The highest BCUT2D eigenvalue weighted by Gasteiger charge is 2.08. The second kappa shape index (κ2) is 8.67. The molecule has 1 rings (SSSR count). The third-order valence-electron chi connectivity index (χ3n) is 2.94. The number of likely N-dealkylation sites (N-methyl/N-ethyl adjacent to an activating group) is 1. The lowest BCUT2D eigenvalue weighted by Gasteiger charge is -2.14. The van der Waals surface area contributed by atoms with E-state index in [0.717, 1.165) is 25.2 Å². The standard InChI is InChI=1S/C15H25N3O/c1-13(14-7-5-4-6-8-14)17-15(19)9-10-16-11-12-18(2)3/h4-8,13,16H,9-12H2,1-3H3,(H,17,19). The number of rotatable bonds is 8. The minimum absolute atomic E-state index is 0.0653. The second-order valence-corrected chi connectivity index (χ2v) is 5.00. The Hall–Kier alpha value is -1.39. The van der Waals surface area contributed by atoms with Gasteiger partial charge in [0.05, 0.1) is 6.04 Å². The first kappa shape index (κ1) is 15.7. The summed E-state index contributed by atoms with van der Waals surface area (Å²) in [7, 11) is 4.08. The van der Waals surface area contributed by atoms with Crippen molar-refractivity contribution in [3.05, 3.63) is 35.9 Å². The Bertz CT molecular complexity index is 365. The first-order chi connectivity index (χ1) is 9.09. The third-order valence-corrected chi connectivity index (χ3v) is 2.94. The highest BCUT2D eigenvalue weighted by Crippen LogP contribution is 2.10. The van der Waals surface area contributed by atoms with Gasteiger partial charge in [-0.3, -0.25) is 4.79 Å². The minimum Gasteiger partial charge on any atom is -0.350 e. The molecule has 0 aliphatic rings. The van der Waals surface area contributed by atoms with Gasteiger partial charge in [0.2, 0.25) is 5.91 Å². The van der Waals surface area contributed by atoms with Crippen molar-refractivity contribution in [2.24, 2.45) is 0 Å². The van der Waals surface area contributed by atoms with Crippen LogP contribution in [0.15, 0.2) is 30.3 Å². The van der Waals surface area contributed by atoms with Crippen LogP contribution in [0, 0.1) is 0 Å². The van der Waals surface area contributed by atoms with E-state index in [-0.39, 0.29) is 11.9 Å². The van der Waals surface area contributed by atoms with Gasteiger partial charge in [-0.1, -0.05) is 30.3 Å². The van der Waals surface area contributed by atoms with E-state index in [0.29, 0.717) is 6.42 Å². The van der Waals surface area contributed by atoms with Crippen molar-refractivity contribution in [2.75, 3.05) is 33.7 Å². The molecule has 106 valence electrons. The fraction of sp³-hybridized carbons (Fsp3) is 0.533. The van der Waals surface area contributed by atoms with E-state index in [1.54, 1.807) is 0 Å². The van der Waals surface area contributed by atoms with Gasteiger partial charge in [0.1, 0.15) is 0 Å². The SMILES string of the molecule is CC(NC(=O)CCNCCN(C)C)c1ccccc1. The maximum Gasteiger partial charge on any atom is 0.221 e. The Labute approximate surface area is 116 Å². The highest BCUT2D eigenvalue weighted by atomic mass is 16.1. The molecule has 0 saturated carbocycles. The molecule has 0 fully saturated rings. The fourth-order valence-corrected chi connectivity index (χ4v) is 1.77. The predicted octanol–water partition coefficient (Wildman–Crippen LogP) is 1.41. The first-order valence-electron chi connectivity index (χ1n) is 6.79. The number of hydrogen-bond donors (Lipinski definition) is 2. The molecular formula is C15H25N3O. The summed E-state index contributed by atoms with van der Waals surface area (Å²) in [5, 5.41) is 6.26. The number of hydrogen-bond acceptors (Lipinski definition) is 3. The van der Waals surface area contributed by atoms with Crippen LogP contribution in [0.2, 0.25) is 0 Å². The van der Waals surface area contributed by atoms with Crippen molar-refractivity contribution in [2.45, 2.75) is 19.4 Å². The zero-order chi connectivity index (χ0) is 14.1.